The zero-order chi connectivity index (χ0) is 13.4. The molecule has 0 fully saturated rings. The second-order valence-corrected chi connectivity index (χ2v) is 5.92. The molecule has 2 aromatic rings. The molecule has 0 aliphatic carbocycles. The van der Waals surface area contributed by atoms with Gasteiger partial charge in [-0.05, 0) is 54.8 Å². The van der Waals surface area contributed by atoms with Gasteiger partial charge in [-0.2, -0.15) is 0 Å². The van der Waals surface area contributed by atoms with Gasteiger partial charge >= 0.3 is 0 Å². The maximum atomic E-state index is 5.86. The minimum atomic E-state index is 0.201. The third kappa shape index (κ3) is 2.47. The predicted octanol–water partition coefficient (Wildman–Crippen LogP) is 4.61. The Bertz CT molecular complexity index is 624. The van der Waals surface area contributed by atoms with Gasteiger partial charge in [0.25, 0.3) is 0 Å². The second-order valence-electron chi connectivity index (χ2n) is 5.01. The summed E-state index contributed by atoms with van der Waals surface area (Å²) >= 11 is 3.54. The fraction of sp³-hybridized carbons (Fsp3) is 0.250. The minimum absolute atomic E-state index is 0.201. The lowest BCUT2D eigenvalue weighted by molar-refractivity contribution is 0.286. The third-order valence-corrected chi connectivity index (χ3v) is 3.98. The molecule has 1 heterocycles. The van der Waals surface area contributed by atoms with Gasteiger partial charge in [0.1, 0.15) is 12.4 Å². The van der Waals surface area contributed by atoms with Crippen molar-refractivity contribution in [2.24, 2.45) is 0 Å². The van der Waals surface area contributed by atoms with Crippen LogP contribution < -0.4 is 10.1 Å². The van der Waals surface area contributed by atoms with Crippen molar-refractivity contribution in [1.82, 2.24) is 0 Å². The van der Waals surface area contributed by atoms with Crippen LogP contribution in [0.3, 0.4) is 0 Å². The first kappa shape index (κ1) is 12.5. The van der Waals surface area contributed by atoms with E-state index in [1.54, 1.807) is 0 Å². The van der Waals surface area contributed by atoms with Gasteiger partial charge in [-0.3, -0.25) is 0 Å². The first-order valence-corrected chi connectivity index (χ1v) is 7.19. The SMILES string of the molecule is Cc1ccc2c(c1)NC(c1cc(Br)ccc1C)CO2. The normalized spacial score (nSPS) is 17.3. The lowest BCUT2D eigenvalue weighted by atomic mass is 10.0. The molecular weight excluding hydrogens is 302 g/mol. The van der Waals surface area contributed by atoms with Crippen molar-refractivity contribution in [2.75, 3.05) is 11.9 Å². The summed E-state index contributed by atoms with van der Waals surface area (Å²) in [6.07, 6.45) is 0. The van der Waals surface area contributed by atoms with Crippen LogP contribution in [-0.2, 0) is 0 Å². The third-order valence-electron chi connectivity index (χ3n) is 3.49. The van der Waals surface area contributed by atoms with E-state index in [0.29, 0.717) is 6.61 Å². The molecule has 1 N–H and O–H groups in total. The smallest absolute Gasteiger partial charge is 0.142 e. The highest BCUT2D eigenvalue weighted by atomic mass is 79.9. The summed E-state index contributed by atoms with van der Waals surface area (Å²) in [7, 11) is 0. The van der Waals surface area contributed by atoms with Crippen LogP contribution >= 0.6 is 15.9 Å². The average Bonchev–Trinajstić information content (AvgIpc) is 2.40. The molecule has 0 saturated heterocycles. The minimum Gasteiger partial charge on any atom is -0.489 e. The predicted molar refractivity (Wildman–Crippen MR) is 81.9 cm³/mol. The molecule has 1 aliphatic heterocycles. The molecule has 0 bridgehead atoms. The molecule has 0 spiro atoms. The Morgan fingerprint density at radius 1 is 1.16 bits per heavy atom. The summed E-state index contributed by atoms with van der Waals surface area (Å²) in [6.45, 7) is 4.89. The number of benzene rings is 2. The number of nitrogens with one attached hydrogen (secondary N) is 1. The molecule has 2 nitrogen and oxygen atoms in total. The van der Waals surface area contributed by atoms with Gasteiger partial charge in [0.2, 0.25) is 0 Å². The molecule has 0 radical (unpaired) electrons. The van der Waals surface area contributed by atoms with Gasteiger partial charge in [-0.15, -0.1) is 0 Å². The molecule has 1 atom stereocenters. The van der Waals surface area contributed by atoms with Crippen molar-refractivity contribution >= 4 is 21.6 Å². The van der Waals surface area contributed by atoms with Crippen molar-refractivity contribution in [3.05, 3.63) is 57.6 Å². The van der Waals surface area contributed by atoms with Gasteiger partial charge < -0.3 is 10.1 Å². The quantitative estimate of drug-likeness (QED) is 0.829. The van der Waals surface area contributed by atoms with Crippen molar-refractivity contribution in [3.63, 3.8) is 0 Å². The van der Waals surface area contributed by atoms with Crippen LogP contribution in [-0.4, -0.2) is 6.61 Å². The summed E-state index contributed by atoms with van der Waals surface area (Å²) in [5.41, 5.74) is 4.87. The number of hydrogen-bond donors (Lipinski definition) is 1. The fourth-order valence-electron chi connectivity index (χ4n) is 2.44. The molecule has 0 saturated carbocycles. The van der Waals surface area contributed by atoms with Gasteiger partial charge in [0.15, 0.2) is 0 Å². The molecule has 1 unspecified atom stereocenters. The second kappa shape index (κ2) is 4.89. The molecule has 3 heteroatoms. The van der Waals surface area contributed by atoms with Gasteiger partial charge in [-0.1, -0.05) is 28.1 Å². The lowest BCUT2D eigenvalue weighted by Gasteiger charge is -2.29. The van der Waals surface area contributed by atoms with E-state index in [0.717, 1.165) is 15.9 Å². The molecule has 2 aromatic carbocycles. The Balaban J connectivity index is 1.95. The number of halogens is 1. The van der Waals surface area contributed by atoms with E-state index in [-0.39, 0.29) is 6.04 Å². The van der Waals surface area contributed by atoms with E-state index in [2.05, 4.69) is 65.4 Å². The zero-order valence-electron chi connectivity index (χ0n) is 11.0. The summed E-state index contributed by atoms with van der Waals surface area (Å²) in [4.78, 5) is 0. The molecular formula is C16H16BrNO. The van der Waals surface area contributed by atoms with Crippen molar-refractivity contribution in [2.45, 2.75) is 19.9 Å². The fourth-order valence-corrected chi connectivity index (χ4v) is 2.82. The van der Waals surface area contributed by atoms with Gasteiger partial charge in [0.05, 0.1) is 11.7 Å². The number of anilines is 1. The van der Waals surface area contributed by atoms with Crippen molar-refractivity contribution in [3.8, 4) is 5.75 Å². The highest BCUT2D eigenvalue weighted by Gasteiger charge is 2.21. The van der Waals surface area contributed by atoms with E-state index in [1.807, 2.05) is 6.07 Å². The van der Waals surface area contributed by atoms with E-state index >= 15 is 0 Å². The molecule has 3 rings (SSSR count). The van der Waals surface area contributed by atoms with E-state index in [1.165, 1.54) is 16.7 Å². The lowest BCUT2D eigenvalue weighted by Crippen LogP contribution is -2.24. The maximum Gasteiger partial charge on any atom is 0.142 e. The van der Waals surface area contributed by atoms with Crippen LogP contribution in [0.4, 0.5) is 5.69 Å². The van der Waals surface area contributed by atoms with E-state index in [9.17, 15) is 0 Å². The molecule has 0 amide bonds. The van der Waals surface area contributed by atoms with Crippen LogP contribution in [0.25, 0.3) is 0 Å². The Hall–Kier alpha value is -1.48. The Labute approximate surface area is 121 Å². The number of fused-ring (bicyclic) bond motifs is 1. The zero-order valence-corrected chi connectivity index (χ0v) is 12.6. The van der Waals surface area contributed by atoms with Crippen LogP contribution in [0.5, 0.6) is 5.75 Å². The Morgan fingerprint density at radius 2 is 2.00 bits per heavy atom. The van der Waals surface area contributed by atoms with E-state index < -0.39 is 0 Å². The summed E-state index contributed by atoms with van der Waals surface area (Å²) < 4.78 is 6.96. The first-order chi connectivity index (χ1) is 9.13. The van der Waals surface area contributed by atoms with Crippen molar-refractivity contribution in [1.29, 1.82) is 0 Å². The molecule has 1 aliphatic rings. The highest BCUT2D eigenvalue weighted by Crippen LogP contribution is 2.35. The topological polar surface area (TPSA) is 21.3 Å². The number of rotatable bonds is 1. The Kier molecular flexibility index (Phi) is 3.23. The largest absolute Gasteiger partial charge is 0.489 e. The van der Waals surface area contributed by atoms with Crippen LogP contribution in [0.2, 0.25) is 0 Å². The van der Waals surface area contributed by atoms with Gasteiger partial charge in [0, 0.05) is 4.47 Å². The number of hydrogen-bond acceptors (Lipinski definition) is 2. The monoisotopic (exact) mass is 317 g/mol. The number of ether oxygens (including phenoxy) is 1. The van der Waals surface area contributed by atoms with Crippen LogP contribution in [0, 0.1) is 13.8 Å². The van der Waals surface area contributed by atoms with E-state index in [4.69, 9.17) is 4.74 Å². The highest BCUT2D eigenvalue weighted by molar-refractivity contribution is 9.10. The summed E-state index contributed by atoms with van der Waals surface area (Å²) in [5, 5.41) is 3.58. The summed E-state index contributed by atoms with van der Waals surface area (Å²) in [5.74, 6) is 0.939. The number of aryl methyl sites for hydroxylation is 2. The Morgan fingerprint density at radius 3 is 2.84 bits per heavy atom. The van der Waals surface area contributed by atoms with Crippen LogP contribution in [0.15, 0.2) is 40.9 Å². The average molecular weight is 318 g/mol. The standard InChI is InChI=1S/C16H16BrNO/c1-10-3-6-16-14(7-10)18-15(9-19-16)13-8-12(17)5-4-11(13)2/h3-8,15,18H,9H2,1-2H3. The molecule has 98 valence electrons. The van der Waals surface area contributed by atoms with Gasteiger partial charge in [-0.25, -0.2) is 0 Å². The molecule has 0 aromatic heterocycles. The summed E-state index contributed by atoms with van der Waals surface area (Å²) in [6, 6.07) is 12.8. The van der Waals surface area contributed by atoms with Crippen LogP contribution in [0.1, 0.15) is 22.7 Å². The maximum absolute atomic E-state index is 5.86. The van der Waals surface area contributed by atoms with Crippen molar-refractivity contribution < 1.29 is 4.74 Å². The first-order valence-electron chi connectivity index (χ1n) is 6.39. The molecule has 19 heavy (non-hydrogen) atoms.